The Balaban J connectivity index is 1.63. The van der Waals surface area contributed by atoms with Gasteiger partial charge in [-0.1, -0.05) is 37.7 Å². The van der Waals surface area contributed by atoms with E-state index >= 15 is 0 Å². The molecule has 0 bridgehead atoms. The second kappa shape index (κ2) is 8.79. The molecule has 0 atom stereocenters. The number of nitrogens with zero attached hydrogens (tertiary/aromatic N) is 3. The average Bonchev–Trinajstić information content (AvgIpc) is 2.64. The largest absolute Gasteiger partial charge is 0.315 e. The molecular formula is C19H25N3S2. The molecule has 24 heavy (non-hydrogen) atoms. The summed E-state index contributed by atoms with van der Waals surface area (Å²) in [4.78, 5) is 12.1. The summed E-state index contributed by atoms with van der Waals surface area (Å²) in [5, 5.41) is 0. The maximum absolute atomic E-state index is 4.64. The SMILES string of the molecule is CCN(CC)CCCSCN1c2ccccc2Sc2cccnc21. The molecule has 128 valence electrons. The molecule has 1 aliphatic heterocycles. The van der Waals surface area contributed by atoms with Gasteiger partial charge in [-0.3, -0.25) is 0 Å². The predicted molar refractivity (Wildman–Crippen MR) is 107 cm³/mol. The second-order valence-electron chi connectivity index (χ2n) is 5.74. The lowest BCUT2D eigenvalue weighted by atomic mass is 10.3. The Kier molecular flexibility index (Phi) is 6.46. The molecule has 0 N–H and O–H groups in total. The summed E-state index contributed by atoms with van der Waals surface area (Å²) in [7, 11) is 0. The molecule has 0 fully saturated rings. The van der Waals surface area contributed by atoms with Gasteiger partial charge in [-0.2, -0.15) is 0 Å². The van der Waals surface area contributed by atoms with Crippen LogP contribution in [0.4, 0.5) is 11.5 Å². The van der Waals surface area contributed by atoms with Crippen LogP contribution < -0.4 is 4.90 Å². The van der Waals surface area contributed by atoms with Crippen molar-refractivity contribution in [2.45, 2.75) is 30.1 Å². The van der Waals surface area contributed by atoms with Gasteiger partial charge in [0, 0.05) is 11.1 Å². The molecule has 2 aromatic rings. The number of para-hydroxylation sites is 1. The van der Waals surface area contributed by atoms with Gasteiger partial charge in [-0.25, -0.2) is 4.98 Å². The lowest BCUT2D eigenvalue weighted by Crippen LogP contribution is -2.25. The van der Waals surface area contributed by atoms with Gasteiger partial charge in [0.1, 0.15) is 5.82 Å². The molecule has 0 spiro atoms. The first-order valence-electron chi connectivity index (χ1n) is 8.63. The molecular weight excluding hydrogens is 334 g/mol. The summed E-state index contributed by atoms with van der Waals surface area (Å²) >= 11 is 3.82. The highest BCUT2D eigenvalue weighted by Crippen LogP contribution is 2.47. The second-order valence-corrected chi connectivity index (χ2v) is 7.90. The smallest absolute Gasteiger partial charge is 0.147 e. The number of aromatic nitrogens is 1. The van der Waals surface area contributed by atoms with Crippen molar-refractivity contribution in [1.82, 2.24) is 9.88 Å². The number of pyridine rings is 1. The zero-order chi connectivity index (χ0) is 16.8. The van der Waals surface area contributed by atoms with Crippen molar-refractivity contribution in [1.29, 1.82) is 0 Å². The van der Waals surface area contributed by atoms with E-state index in [4.69, 9.17) is 0 Å². The Bertz CT molecular complexity index is 613. The van der Waals surface area contributed by atoms with Gasteiger partial charge in [0.2, 0.25) is 0 Å². The van der Waals surface area contributed by atoms with Crippen LogP contribution in [0.2, 0.25) is 0 Å². The topological polar surface area (TPSA) is 19.4 Å². The Morgan fingerprint density at radius 2 is 1.88 bits per heavy atom. The average molecular weight is 360 g/mol. The third kappa shape index (κ3) is 4.08. The molecule has 1 aliphatic rings. The van der Waals surface area contributed by atoms with Gasteiger partial charge in [-0.15, -0.1) is 11.8 Å². The van der Waals surface area contributed by atoms with Crippen molar-refractivity contribution >= 4 is 35.0 Å². The summed E-state index contributed by atoms with van der Waals surface area (Å²) in [6, 6.07) is 12.8. The molecule has 3 nitrogen and oxygen atoms in total. The van der Waals surface area contributed by atoms with Gasteiger partial charge in [-0.05, 0) is 56.1 Å². The molecule has 1 aromatic heterocycles. The van der Waals surface area contributed by atoms with E-state index in [0.717, 1.165) is 24.8 Å². The molecule has 3 rings (SSSR count). The first-order valence-corrected chi connectivity index (χ1v) is 10.6. The van der Waals surface area contributed by atoms with Crippen molar-refractivity contribution < 1.29 is 0 Å². The van der Waals surface area contributed by atoms with Crippen molar-refractivity contribution in [2.75, 3.05) is 36.2 Å². The Morgan fingerprint density at radius 3 is 2.71 bits per heavy atom. The van der Waals surface area contributed by atoms with Crippen LogP contribution in [0.5, 0.6) is 0 Å². The molecule has 1 aromatic carbocycles. The van der Waals surface area contributed by atoms with Crippen LogP contribution in [0.3, 0.4) is 0 Å². The van der Waals surface area contributed by atoms with Gasteiger partial charge >= 0.3 is 0 Å². The summed E-state index contributed by atoms with van der Waals surface area (Å²) in [6.07, 6.45) is 3.14. The first-order chi connectivity index (χ1) is 11.8. The van der Waals surface area contributed by atoms with Crippen LogP contribution in [-0.4, -0.2) is 41.1 Å². The summed E-state index contributed by atoms with van der Waals surface area (Å²) in [6.45, 7) is 7.97. The van der Waals surface area contributed by atoms with Crippen LogP contribution in [0.25, 0.3) is 0 Å². The van der Waals surface area contributed by atoms with E-state index in [2.05, 4.69) is 59.0 Å². The fraction of sp³-hybridized carbons (Fsp3) is 0.421. The lowest BCUT2D eigenvalue weighted by Gasteiger charge is -2.31. The van der Waals surface area contributed by atoms with Crippen LogP contribution in [0.1, 0.15) is 20.3 Å². The van der Waals surface area contributed by atoms with Gasteiger partial charge in [0.15, 0.2) is 0 Å². The predicted octanol–water partition coefficient (Wildman–Crippen LogP) is 5.11. The highest BCUT2D eigenvalue weighted by atomic mass is 32.2. The van der Waals surface area contributed by atoms with E-state index in [1.54, 1.807) is 0 Å². The van der Waals surface area contributed by atoms with Crippen molar-refractivity contribution in [3.05, 3.63) is 42.6 Å². The zero-order valence-electron chi connectivity index (χ0n) is 14.4. The van der Waals surface area contributed by atoms with E-state index in [9.17, 15) is 0 Å². The molecule has 2 heterocycles. The lowest BCUT2D eigenvalue weighted by molar-refractivity contribution is 0.305. The molecule has 5 heteroatoms. The van der Waals surface area contributed by atoms with Crippen molar-refractivity contribution in [3.8, 4) is 0 Å². The van der Waals surface area contributed by atoms with E-state index in [0.29, 0.717) is 0 Å². The zero-order valence-corrected chi connectivity index (χ0v) is 16.1. The number of fused-ring (bicyclic) bond motifs is 2. The first kappa shape index (κ1) is 17.6. The molecule has 0 radical (unpaired) electrons. The minimum Gasteiger partial charge on any atom is -0.315 e. The number of anilines is 2. The highest BCUT2D eigenvalue weighted by Gasteiger charge is 2.23. The minimum absolute atomic E-state index is 0.958. The number of benzene rings is 1. The van der Waals surface area contributed by atoms with Gasteiger partial charge < -0.3 is 9.80 Å². The Labute approximate surface area is 153 Å². The monoisotopic (exact) mass is 359 g/mol. The highest BCUT2D eigenvalue weighted by molar-refractivity contribution is 8.00. The molecule has 0 aliphatic carbocycles. The van der Waals surface area contributed by atoms with E-state index in [-0.39, 0.29) is 0 Å². The minimum atomic E-state index is 0.958. The number of hydrogen-bond acceptors (Lipinski definition) is 5. The van der Waals surface area contributed by atoms with E-state index < -0.39 is 0 Å². The number of thioether (sulfide) groups is 1. The fourth-order valence-corrected chi connectivity index (χ4v) is 4.85. The third-order valence-electron chi connectivity index (χ3n) is 4.26. The molecule has 0 saturated carbocycles. The quantitative estimate of drug-likeness (QED) is 0.608. The molecule has 0 amide bonds. The number of hydrogen-bond donors (Lipinski definition) is 0. The summed E-state index contributed by atoms with van der Waals surface area (Å²) in [5.74, 6) is 3.24. The van der Waals surface area contributed by atoms with Crippen LogP contribution in [0, 0.1) is 0 Å². The maximum Gasteiger partial charge on any atom is 0.147 e. The Morgan fingerprint density at radius 1 is 1.08 bits per heavy atom. The normalized spacial score (nSPS) is 13.0. The fourth-order valence-electron chi connectivity index (χ4n) is 2.88. The summed E-state index contributed by atoms with van der Waals surface area (Å²) < 4.78 is 0. The molecule has 0 unspecified atom stereocenters. The van der Waals surface area contributed by atoms with Crippen molar-refractivity contribution in [2.24, 2.45) is 0 Å². The van der Waals surface area contributed by atoms with Crippen LogP contribution >= 0.6 is 23.5 Å². The van der Waals surface area contributed by atoms with Gasteiger partial charge in [0.05, 0.1) is 16.5 Å². The van der Waals surface area contributed by atoms with Crippen molar-refractivity contribution in [3.63, 3.8) is 0 Å². The van der Waals surface area contributed by atoms with Crippen LogP contribution in [0.15, 0.2) is 52.4 Å². The van der Waals surface area contributed by atoms with E-state index in [1.165, 1.54) is 34.2 Å². The van der Waals surface area contributed by atoms with Crippen LogP contribution in [-0.2, 0) is 0 Å². The number of rotatable bonds is 8. The standard InChI is InChI=1S/C19H25N3S2/c1-3-21(4-2)13-8-14-23-15-22-16-9-5-6-10-17(16)24-18-11-7-12-20-19(18)22/h5-7,9-12H,3-4,8,13-15H2,1-2H3. The Hall–Kier alpha value is -1.17. The summed E-state index contributed by atoms with van der Waals surface area (Å²) in [5.41, 5.74) is 1.28. The van der Waals surface area contributed by atoms with Gasteiger partial charge in [0.25, 0.3) is 0 Å². The maximum atomic E-state index is 4.64. The molecule has 0 saturated heterocycles. The van der Waals surface area contributed by atoms with E-state index in [1.807, 2.05) is 35.8 Å². The third-order valence-corrected chi connectivity index (χ3v) is 6.38.